The molecular formula is C21H31N5O. The molecule has 0 unspecified atom stereocenters. The largest absolute Gasteiger partial charge is 0.330 e. The van der Waals surface area contributed by atoms with Gasteiger partial charge < -0.3 is 15.6 Å². The lowest BCUT2D eigenvalue weighted by Crippen LogP contribution is -2.12. The van der Waals surface area contributed by atoms with E-state index in [2.05, 4.69) is 26.1 Å². The zero-order valence-corrected chi connectivity index (χ0v) is 16.3. The third-order valence-corrected chi connectivity index (χ3v) is 5.24. The third-order valence-electron chi connectivity index (χ3n) is 5.24. The van der Waals surface area contributed by atoms with Crippen LogP contribution in [-0.2, 0) is 17.8 Å². The van der Waals surface area contributed by atoms with Crippen molar-refractivity contribution in [3.63, 3.8) is 0 Å². The van der Waals surface area contributed by atoms with Gasteiger partial charge in [-0.1, -0.05) is 31.4 Å². The van der Waals surface area contributed by atoms with Crippen LogP contribution in [0, 0.1) is 6.92 Å². The normalized spacial score (nSPS) is 13.9. The number of nitrogens with zero attached hydrogens (tertiary/aromatic N) is 3. The minimum absolute atomic E-state index is 0.0723. The first-order chi connectivity index (χ1) is 13.2. The van der Waals surface area contributed by atoms with E-state index in [0.717, 1.165) is 80.1 Å². The van der Waals surface area contributed by atoms with Crippen molar-refractivity contribution in [2.75, 3.05) is 11.9 Å². The van der Waals surface area contributed by atoms with Crippen LogP contribution in [0.3, 0.4) is 0 Å². The monoisotopic (exact) mass is 369 g/mol. The van der Waals surface area contributed by atoms with Gasteiger partial charge in [0.05, 0.1) is 0 Å². The number of rotatable bonds is 8. The predicted octanol–water partition coefficient (Wildman–Crippen LogP) is 3.83. The van der Waals surface area contributed by atoms with Crippen molar-refractivity contribution >= 4 is 11.6 Å². The molecule has 0 fully saturated rings. The Hall–Kier alpha value is -2.21. The zero-order valence-electron chi connectivity index (χ0n) is 16.3. The van der Waals surface area contributed by atoms with E-state index in [-0.39, 0.29) is 5.91 Å². The predicted molar refractivity (Wildman–Crippen MR) is 109 cm³/mol. The highest BCUT2D eigenvalue weighted by molar-refractivity contribution is 5.92. The molecule has 2 aromatic rings. The molecule has 0 aliphatic carbocycles. The van der Waals surface area contributed by atoms with Gasteiger partial charge in [-0.2, -0.15) is 0 Å². The van der Waals surface area contributed by atoms with Gasteiger partial charge in [0.25, 0.3) is 0 Å². The van der Waals surface area contributed by atoms with Gasteiger partial charge in [0.2, 0.25) is 5.91 Å². The minimum atomic E-state index is 0.0723. The number of nitrogens with two attached hydrogens (primary N) is 1. The number of carbonyl (C=O) groups is 1. The van der Waals surface area contributed by atoms with Crippen molar-refractivity contribution in [3.05, 3.63) is 29.6 Å². The molecule has 0 radical (unpaired) electrons. The number of nitrogens with one attached hydrogen (secondary N) is 1. The minimum Gasteiger partial charge on any atom is -0.330 e. The summed E-state index contributed by atoms with van der Waals surface area (Å²) >= 11 is 0. The molecule has 6 heteroatoms. The van der Waals surface area contributed by atoms with E-state index >= 15 is 0 Å². The molecule has 0 atom stereocenters. The van der Waals surface area contributed by atoms with Gasteiger partial charge in [-0.25, -0.2) is 0 Å². The highest BCUT2D eigenvalue weighted by atomic mass is 16.1. The highest BCUT2D eigenvalue weighted by Gasteiger charge is 2.17. The van der Waals surface area contributed by atoms with Gasteiger partial charge in [-0.3, -0.25) is 4.79 Å². The van der Waals surface area contributed by atoms with Crippen LogP contribution in [-0.4, -0.2) is 27.2 Å². The fourth-order valence-corrected chi connectivity index (χ4v) is 3.59. The Morgan fingerprint density at radius 1 is 1.15 bits per heavy atom. The second-order valence-electron chi connectivity index (χ2n) is 7.43. The summed E-state index contributed by atoms with van der Waals surface area (Å²) in [6.07, 6.45) is 9.21. The van der Waals surface area contributed by atoms with E-state index < -0.39 is 0 Å². The summed E-state index contributed by atoms with van der Waals surface area (Å²) in [6, 6.07) is 6.15. The van der Waals surface area contributed by atoms with Crippen LogP contribution in [0.2, 0.25) is 0 Å². The van der Waals surface area contributed by atoms with Crippen molar-refractivity contribution in [3.8, 4) is 11.4 Å². The maximum absolute atomic E-state index is 12.3. The molecule has 0 saturated carbocycles. The molecule has 1 aliphatic heterocycles. The fourth-order valence-electron chi connectivity index (χ4n) is 3.59. The molecule has 3 rings (SSSR count). The lowest BCUT2D eigenvalue weighted by atomic mass is 10.1. The molecule has 1 amide bonds. The van der Waals surface area contributed by atoms with Crippen LogP contribution >= 0.6 is 0 Å². The highest BCUT2D eigenvalue weighted by Crippen LogP contribution is 2.27. The molecule has 1 aromatic heterocycles. The van der Waals surface area contributed by atoms with Crippen molar-refractivity contribution < 1.29 is 4.79 Å². The van der Waals surface area contributed by atoms with E-state index in [1.165, 1.54) is 12.8 Å². The van der Waals surface area contributed by atoms with Gasteiger partial charge in [0, 0.05) is 30.6 Å². The van der Waals surface area contributed by atoms with E-state index in [4.69, 9.17) is 5.73 Å². The van der Waals surface area contributed by atoms with Gasteiger partial charge in [0.15, 0.2) is 5.82 Å². The molecule has 3 N–H and O–H groups in total. The smallest absolute Gasteiger partial charge is 0.224 e. The number of fused-ring (bicyclic) bond motifs is 1. The van der Waals surface area contributed by atoms with Crippen LogP contribution in [0.5, 0.6) is 0 Å². The molecule has 146 valence electrons. The van der Waals surface area contributed by atoms with Gasteiger partial charge in [-0.15, -0.1) is 10.2 Å². The second kappa shape index (κ2) is 9.65. The van der Waals surface area contributed by atoms with Crippen LogP contribution in [0.15, 0.2) is 18.2 Å². The first-order valence-electron chi connectivity index (χ1n) is 10.2. The second-order valence-corrected chi connectivity index (χ2v) is 7.43. The molecular weight excluding hydrogens is 338 g/mol. The van der Waals surface area contributed by atoms with Crippen LogP contribution in [0.25, 0.3) is 11.4 Å². The number of unbranched alkanes of at least 4 members (excludes halogenated alkanes) is 3. The van der Waals surface area contributed by atoms with Crippen molar-refractivity contribution in [2.45, 2.75) is 71.3 Å². The lowest BCUT2D eigenvalue weighted by molar-refractivity contribution is -0.116. The Balaban J connectivity index is 1.68. The first kappa shape index (κ1) is 19.5. The van der Waals surface area contributed by atoms with Crippen molar-refractivity contribution in [1.82, 2.24) is 14.8 Å². The van der Waals surface area contributed by atoms with Gasteiger partial charge in [0.1, 0.15) is 5.82 Å². The first-order valence-corrected chi connectivity index (χ1v) is 10.2. The Bertz CT molecular complexity index is 768. The van der Waals surface area contributed by atoms with Gasteiger partial charge in [-0.05, 0) is 50.8 Å². The quantitative estimate of drug-likeness (QED) is 0.693. The number of hydrogen-bond donors (Lipinski definition) is 2. The zero-order chi connectivity index (χ0) is 19.1. The Morgan fingerprint density at radius 2 is 2.00 bits per heavy atom. The Morgan fingerprint density at radius 3 is 2.85 bits per heavy atom. The molecule has 1 aliphatic rings. The van der Waals surface area contributed by atoms with Crippen LogP contribution in [0.4, 0.5) is 5.69 Å². The average Bonchev–Trinajstić information content (AvgIpc) is 2.91. The number of hydrogen-bond acceptors (Lipinski definition) is 4. The number of aromatic nitrogens is 3. The van der Waals surface area contributed by atoms with Crippen LogP contribution in [0.1, 0.15) is 62.8 Å². The molecule has 27 heavy (non-hydrogen) atoms. The summed E-state index contributed by atoms with van der Waals surface area (Å²) in [6.45, 7) is 3.71. The number of anilines is 1. The standard InChI is InChI=1S/C21H31N5O/c1-16-11-12-17(21-25-24-19-9-5-4-8-14-26(19)21)15-18(16)23-20(27)10-6-2-3-7-13-22/h11-12,15H,2-10,13-14,22H2,1H3,(H,23,27). The van der Waals surface area contributed by atoms with Crippen LogP contribution < -0.4 is 11.1 Å². The average molecular weight is 370 g/mol. The number of amides is 1. The molecule has 0 bridgehead atoms. The molecule has 1 aromatic carbocycles. The van der Waals surface area contributed by atoms with E-state index in [0.29, 0.717) is 6.42 Å². The van der Waals surface area contributed by atoms with Gasteiger partial charge >= 0.3 is 0 Å². The SMILES string of the molecule is Cc1ccc(-c2nnc3n2CCCCC3)cc1NC(=O)CCCCCCN. The summed E-state index contributed by atoms with van der Waals surface area (Å²) in [4.78, 5) is 12.3. The van der Waals surface area contributed by atoms with Crippen molar-refractivity contribution in [2.24, 2.45) is 5.73 Å². The number of aryl methyl sites for hydroxylation is 2. The van der Waals surface area contributed by atoms with Crippen molar-refractivity contribution in [1.29, 1.82) is 0 Å². The third kappa shape index (κ3) is 5.16. The summed E-state index contributed by atoms with van der Waals surface area (Å²) in [5, 5.41) is 11.9. The molecule has 0 saturated heterocycles. The lowest BCUT2D eigenvalue weighted by Gasteiger charge is -2.12. The molecule has 0 spiro atoms. The fraction of sp³-hybridized carbons (Fsp3) is 0.571. The number of benzene rings is 1. The van der Waals surface area contributed by atoms with E-state index in [9.17, 15) is 4.79 Å². The Labute approximate surface area is 161 Å². The summed E-state index contributed by atoms with van der Waals surface area (Å²) in [5.74, 6) is 2.05. The maximum Gasteiger partial charge on any atom is 0.224 e. The summed E-state index contributed by atoms with van der Waals surface area (Å²) in [7, 11) is 0. The summed E-state index contributed by atoms with van der Waals surface area (Å²) < 4.78 is 2.24. The molecule has 2 heterocycles. The molecule has 6 nitrogen and oxygen atoms in total. The summed E-state index contributed by atoms with van der Waals surface area (Å²) in [5.41, 5.74) is 8.44. The topological polar surface area (TPSA) is 85.8 Å². The Kier molecular flexibility index (Phi) is 6.98. The maximum atomic E-state index is 12.3. The van der Waals surface area contributed by atoms with E-state index in [1.54, 1.807) is 0 Å². The van der Waals surface area contributed by atoms with E-state index in [1.807, 2.05) is 19.1 Å². The number of carbonyl (C=O) groups excluding carboxylic acids is 1.